The van der Waals surface area contributed by atoms with E-state index >= 15 is 0 Å². The number of carboxylic acids is 1. The van der Waals surface area contributed by atoms with Crippen LogP contribution in [0.2, 0.25) is 0 Å². The Morgan fingerprint density at radius 3 is 3.18 bits per heavy atom. The molecule has 2 heterocycles. The molecule has 90 valence electrons. The monoisotopic (exact) mass is 252 g/mol. The smallest absolute Gasteiger partial charge is 0.309 e. The van der Waals surface area contributed by atoms with Gasteiger partial charge in [0.15, 0.2) is 5.13 Å². The third kappa shape index (κ3) is 3.56. The van der Waals surface area contributed by atoms with Crippen molar-refractivity contribution in [3.63, 3.8) is 0 Å². The number of H-pyrrole nitrogens is 1. The van der Waals surface area contributed by atoms with E-state index in [1.807, 2.05) is 0 Å². The maximum atomic E-state index is 10.5. The highest BCUT2D eigenvalue weighted by atomic mass is 32.1. The number of hydrogen-bond acceptors (Lipinski definition) is 5. The predicted octanol–water partition coefficient (Wildman–Crippen LogP) is 1.15. The summed E-state index contributed by atoms with van der Waals surface area (Å²) in [7, 11) is 0. The maximum absolute atomic E-state index is 10.5. The van der Waals surface area contributed by atoms with Gasteiger partial charge in [0.1, 0.15) is 5.82 Å². The van der Waals surface area contributed by atoms with E-state index in [1.165, 1.54) is 11.3 Å². The van der Waals surface area contributed by atoms with Gasteiger partial charge in [-0.3, -0.25) is 4.79 Å². The van der Waals surface area contributed by atoms with Crippen LogP contribution in [-0.2, 0) is 17.6 Å². The van der Waals surface area contributed by atoms with Crippen LogP contribution in [0.15, 0.2) is 17.8 Å². The molecule has 2 aromatic rings. The van der Waals surface area contributed by atoms with Crippen molar-refractivity contribution in [1.82, 2.24) is 15.0 Å². The van der Waals surface area contributed by atoms with Gasteiger partial charge in [0, 0.05) is 30.7 Å². The molecule has 6 nitrogen and oxygen atoms in total. The number of thiazole rings is 1. The number of aromatic nitrogens is 3. The van der Waals surface area contributed by atoms with Gasteiger partial charge in [0.25, 0.3) is 0 Å². The minimum Gasteiger partial charge on any atom is -0.481 e. The molecule has 3 N–H and O–H groups in total. The molecule has 0 saturated heterocycles. The first-order chi connectivity index (χ1) is 8.24. The van der Waals surface area contributed by atoms with Crippen LogP contribution in [0.3, 0.4) is 0 Å². The van der Waals surface area contributed by atoms with Gasteiger partial charge < -0.3 is 15.4 Å². The molecule has 0 aromatic carbocycles. The summed E-state index contributed by atoms with van der Waals surface area (Å²) in [6.45, 7) is 0.716. The molecule has 0 aliphatic carbocycles. The number of nitrogens with one attached hydrogen (secondary N) is 2. The third-order valence-corrected chi connectivity index (χ3v) is 2.93. The van der Waals surface area contributed by atoms with E-state index in [-0.39, 0.29) is 6.42 Å². The van der Waals surface area contributed by atoms with Crippen LogP contribution in [0.4, 0.5) is 5.13 Å². The van der Waals surface area contributed by atoms with E-state index in [0.717, 1.165) is 17.4 Å². The van der Waals surface area contributed by atoms with Gasteiger partial charge >= 0.3 is 5.97 Å². The number of imidazole rings is 1. The van der Waals surface area contributed by atoms with Crippen molar-refractivity contribution in [3.05, 3.63) is 29.3 Å². The summed E-state index contributed by atoms with van der Waals surface area (Å²) in [6.07, 6.45) is 4.24. The molecule has 2 rings (SSSR count). The Hall–Kier alpha value is -1.89. The lowest BCUT2D eigenvalue weighted by Gasteiger charge is -1.99. The normalized spacial score (nSPS) is 10.4. The molecule has 0 atom stereocenters. The highest BCUT2D eigenvalue weighted by molar-refractivity contribution is 7.13. The standard InChI is InChI=1S/C10H12N4O2S/c15-9(16)5-7-6-17-10(14-7)13-2-1-8-11-3-4-12-8/h3-4,6H,1-2,5H2,(H,11,12)(H,13,14)(H,15,16). The molecule has 0 bridgehead atoms. The minimum absolute atomic E-state index is 0.0314. The predicted molar refractivity (Wildman–Crippen MR) is 64.2 cm³/mol. The molecule has 0 saturated carbocycles. The van der Waals surface area contributed by atoms with Crippen molar-refractivity contribution in [3.8, 4) is 0 Å². The summed E-state index contributed by atoms with van der Waals surface area (Å²) < 4.78 is 0. The molecule has 0 aliphatic rings. The van der Waals surface area contributed by atoms with Crippen molar-refractivity contribution in [1.29, 1.82) is 0 Å². The van der Waals surface area contributed by atoms with Crippen molar-refractivity contribution >= 4 is 22.4 Å². The Morgan fingerprint density at radius 1 is 1.59 bits per heavy atom. The number of rotatable bonds is 6. The fraction of sp³-hybridized carbons (Fsp3) is 0.300. The zero-order valence-corrected chi connectivity index (χ0v) is 9.83. The van der Waals surface area contributed by atoms with E-state index < -0.39 is 5.97 Å². The van der Waals surface area contributed by atoms with Gasteiger partial charge in [-0.15, -0.1) is 11.3 Å². The Kier molecular flexibility index (Phi) is 3.71. The number of aliphatic carboxylic acids is 1. The van der Waals surface area contributed by atoms with Crippen LogP contribution in [0.5, 0.6) is 0 Å². The molecule has 0 fully saturated rings. The molecule has 0 amide bonds. The first-order valence-electron chi connectivity index (χ1n) is 5.12. The third-order valence-electron chi connectivity index (χ3n) is 2.08. The van der Waals surface area contributed by atoms with Crippen molar-refractivity contribution in [2.24, 2.45) is 0 Å². The molecule has 0 spiro atoms. The topological polar surface area (TPSA) is 90.9 Å². The Balaban J connectivity index is 1.79. The molecular weight excluding hydrogens is 240 g/mol. The number of carboxylic acid groups (broad SMARTS) is 1. The summed E-state index contributed by atoms with van der Waals surface area (Å²) in [5, 5.41) is 14.2. The second-order valence-electron chi connectivity index (χ2n) is 3.43. The number of carbonyl (C=O) groups is 1. The van der Waals surface area contributed by atoms with Crippen molar-refractivity contribution in [2.75, 3.05) is 11.9 Å². The van der Waals surface area contributed by atoms with Gasteiger partial charge in [-0.1, -0.05) is 0 Å². The highest BCUT2D eigenvalue weighted by Crippen LogP contribution is 2.15. The fourth-order valence-electron chi connectivity index (χ4n) is 1.35. The van der Waals surface area contributed by atoms with E-state index in [1.54, 1.807) is 17.8 Å². The first kappa shape index (κ1) is 11.6. The summed E-state index contributed by atoms with van der Waals surface area (Å²) >= 11 is 1.41. The van der Waals surface area contributed by atoms with Gasteiger partial charge in [-0.05, 0) is 0 Å². The van der Waals surface area contributed by atoms with Crippen LogP contribution in [-0.4, -0.2) is 32.6 Å². The lowest BCUT2D eigenvalue weighted by atomic mass is 10.3. The molecule has 0 radical (unpaired) electrons. The van der Waals surface area contributed by atoms with E-state index in [2.05, 4.69) is 20.3 Å². The first-order valence-corrected chi connectivity index (χ1v) is 6.00. The average Bonchev–Trinajstić information content (AvgIpc) is 2.89. The zero-order valence-electron chi connectivity index (χ0n) is 9.01. The molecular formula is C10H12N4O2S. The van der Waals surface area contributed by atoms with Crippen LogP contribution in [0.25, 0.3) is 0 Å². The van der Waals surface area contributed by atoms with Crippen LogP contribution >= 0.6 is 11.3 Å². The number of aromatic amines is 1. The molecule has 2 aromatic heterocycles. The number of anilines is 1. The lowest BCUT2D eigenvalue weighted by Crippen LogP contribution is -2.06. The van der Waals surface area contributed by atoms with Gasteiger partial charge in [0.2, 0.25) is 0 Å². The Bertz CT molecular complexity index is 480. The van der Waals surface area contributed by atoms with Gasteiger partial charge in [-0.2, -0.15) is 0 Å². The number of hydrogen-bond donors (Lipinski definition) is 3. The van der Waals surface area contributed by atoms with Crippen molar-refractivity contribution in [2.45, 2.75) is 12.8 Å². The summed E-state index contributed by atoms with van der Waals surface area (Å²) in [5.74, 6) is 0.0530. The average molecular weight is 252 g/mol. The molecule has 7 heteroatoms. The van der Waals surface area contributed by atoms with E-state index in [0.29, 0.717) is 12.2 Å². The van der Waals surface area contributed by atoms with E-state index in [9.17, 15) is 4.79 Å². The minimum atomic E-state index is -0.863. The molecule has 0 unspecified atom stereocenters. The highest BCUT2D eigenvalue weighted by Gasteiger charge is 2.05. The van der Waals surface area contributed by atoms with Crippen LogP contribution in [0, 0.1) is 0 Å². The fourth-order valence-corrected chi connectivity index (χ4v) is 2.09. The Morgan fingerprint density at radius 2 is 2.47 bits per heavy atom. The second-order valence-corrected chi connectivity index (χ2v) is 4.29. The van der Waals surface area contributed by atoms with Crippen molar-refractivity contribution < 1.29 is 9.90 Å². The largest absolute Gasteiger partial charge is 0.481 e. The quantitative estimate of drug-likeness (QED) is 0.717. The summed E-state index contributed by atoms with van der Waals surface area (Å²) in [6, 6.07) is 0. The summed E-state index contributed by atoms with van der Waals surface area (Å²) in [5.41, 5.74) is 0.586. The lowest BCUT2D eigenvalue weighted by molar-refractivity contribution is -0.136. The van der Waals surface area contributed by atoms with Crippen LogP contribution < -0.4 is 5.32 Å². The Labute approximate surface area is 102 Å². The molecule has 17 heavy (non-hydrogen) atoms. The maximum Gasteiger partial charge on any atom is 0.309 e. The number of nitrogens with zero attached hydrogens (tertiary/aromatic N) is 2. The van der Waals surface area contributed by atoms with Gasteiger partial charge in [-0.25, -0.2) is 9.97 Å². The molecule has 0 aliphatic heterocycles. The van der Waals surface area contributed by atoms with E-state index in [4.69, 9.17) is 5.11 Å². The summed E-state index contributed by atoms with van der Waals surface area (Å²) in [4.78, 5) is 21.8. The van der Waals surface area contributed by atoms with Crippen LogP contribution in [0.1, 0.15) is 11.5 Å². The second kappa shape index (κ2) is 5.44. The SMILES string of the molecule is O=C(O)Cc1csc(NCCc2ncc[nH]2)n1. The zero-order chi connectivity index (χ0) is 12.1. The van der Waals surface area contributed by atoms with Gasteiger partial charge in [0.05, 0.1) is 12.1 Å².